The maximum atomic E-state index is 12.3. The van der Waals surface area contributed by atoms with Crippen molar-refractivity contribution < 1.29 is 8.42 Å². The van der Waals surface area contributed by atoms with Gasteiger partial charge in [0.1, 0.15) is 0 Å². The Bertz CT molecular complexity index is 823. The van der Waals surface area contributed by atoms with Crippen molar-refractivity contribution in [2.24, 2.45) is 0 Å². The molecule has 4 nitrogen and oxygen atoms in total. The van der Waals surface area contributed by atoms with Gasteiger partial charge in [0.2, 0.25) is 10.0 Å². The molecule has 108 valence electrons. The molecule has 0 unspecified atom stereocenters. The van der Waals surface area contributed by atoms with Crippen molar-refractivity contribution >= 4 is 20.9 Å². The first-order valence-corrected chi connectivity index (χ1v) is 8.33. The van der Waals surface area contributed by atoms with Crippen LogP contribution in [0.15, 0.2) is 65.2 Å². The van der Waals surface area contributed by atoms with E-state index in [1.165, 1.54) is 0 Å². The van der Waals surface area contributed by atoms with Crippen LogP contribution in [0.4, 0.5) is 0 Å². The van der Waals surface area contributed by atoms with Gasteiger partial charge in [-0.3, -0.25) is 4.98 Å². The fourth-order valence-electron chi connectivity index (χ4n) is 2.28. The van der Waals surface area contributed by atoms with Gasteiger partial charge in [0.05, 0.1) is 10.4 Å². The summed E-state index contributed by atoms with van der Waals surface area (Å²) in [4.78, 5) is 4.46. The Morgan fingerprint density at radius 2 is 2.10 bits per heavy atom. The van der Waals surface area contributed by atoms with Gasteiger partial charge in [-0.1, -0.05) is 24.3 Å². The summed E-state index contributed by atoms with van der Waals surface area (Å²) >= 11 is 0. The number of allylic oxidation sites excluding steroid dienone is 2. The molecule has 0 radical (unpaired) electrons. The molecular weight excluding hydrogens is 284 g/mol. The maximum absolute atomic E-state index is 12.3. The molecule has 0 fully saturated rings. The predicted molar refractivity (Wildman–Crippen MR) is 83.4 cm³/mol. The molecule has 0 aliphatic heterocycles. The van der Waals surface area contributed by atoms with Crippen molar-refractivity contribution in [3.05, 3.63) is 60.3 Å². The Hall–Kier alpha value is -1.98. The number of hydrogen-bond donors (Lipinski definition) is 1. The summed E-state index contributed by atoms with van der Waals surface area (Å²) in [7, 11) is -3.50. The van der Waals surface area contributed by atoms with Crippen LogP contribution in [0, 0.1) is 0 Å². The zero-order valence-electron chi connectivity index (χ0n) is 11.5. The van der Waals surface area contributed by atoms with Crippen LogP contribution in [0.3, 0.4) is 0 Å². The topological polar surface area (TPSA) is 59.1 Å². The van der Waals surface area contributed by atoms with Crippen LogP contribution in [0.5, 0.6) is 0 Å². The molecule has 1 aromatic carbocycles. The molecule has 1 aliphatic rings. The largest absolute Gasteiger partial charge is 0.256 e. The third-order valence-electron chi connectivity index (χ3n) is 3.42. The summed E-state index contributed by atoms with van der Waals surface area (Å²) < 4.78 is 27.3. The zero-order valence-corrected chi connectivity index (χ0v) is 12.3. The highest BCUT2D eigenvalue weighted by Gasteiger charge is 2.14. The number of aromatic nitrogens is 1. The van der Waals surface area contributed by atoms with Crippen LogP contribution in [0.2, 0.25) is 0 Å². The second-order valence-electron chi connectivity index (χ2n) is 4.94. The number of rotatable bonds is 4. The van der Waals surface area contributed by atoms with Crippen molar-refractivity contribution in [3.63, 3.8) is 0 Å². The monoisotopic (exact) mass is 300 g/mol. The van der Waals surface area contributed by atoms with E-state index in [-0.39, 0.29) is 4.90 Å². The summed E-state index contributed by atoms with van der Waals surface area (Å²) in [5.41, 5.74) is 1.79. The highest BCUT2D eigenvalue weighted by atomic mass is 32.2. The van der Waals surface area contributed by atoms with E-state index in [1.807, 2.05) is 12.1 Å². The summed E-state index contributed by atoms with van der Waals surface area (Å²) in [5.74, 6) is 0. The normalized spacial score (nSPS) is 15.1. The van der Waals surface area contributed by atoms with E-state index in [2.05, 4.69) is 21.9 Å². The molecule has 1 N–H and O–H groups in total. The molecule has 5 heteroatoms. The smallest absolute Gasteiger partial charge is 0.240 e. The minimum absolute atomic E-state index is 0.267. The predicted octanol–water partition coefficient (Wildman–Crippen LogP) is 2.79. The lowest BCUT2D eigenvalue weighted by Crippen LogP contribution is -2.25. The standard InChI is InChI=1S/C16H16N2O2S/c19-21(20,18-12-13-5-2-1-3-6-13)15-8-9-16-14(11-15)7-4-10-17-16/h2,4-11,18H,1,3,12H2. The Kier molecular flexibility index (Phi) is 3.86. The third-order valence-corrected chi connectivity index (χ3v) is 4.82. The number of pyridine rings is 1. The van der Waals surface area contributed by atoms with Crippen LogP contribution < -0.4 is 4.72 Å². The van der Waals surface area contributed by atoms with E-state index in [4.69, 9.17) is 0 Å². The molecule has 1 heterocycles. The molecule has 3 rings (SSSR count). The van der Waals surface area contributed by atoms with E-state index < -0.39 is 10.0 Å². The minimum atomic E-state index is -3.50. The van der Waals surface area contributed by atoms with Crippen LogP contribution in [-0.4, -0.2) is 19.9 Å². The SMILES string of the molecule is O=S(=O)(NCC1=CCCC=C1)c1ccc2ncccc2c1. The average Bonchev–Trinajstić information content (AvgIpc) is 2.53. The lowest BCUT2D eigenvalue weighted by molar-refractivity contribution is 0.585. The van der Waals surface area contributed by atoms with Gasteiger partial charge in [-0.25, -0.2) is 13.1 Å². The van der Waals surface area contributed by atoms with Crippen molar-refractivity contribution in [3.8, 4) is 0 Å². The van der Waals surface area contributed by atoms with E-state index >= 15 is 0 Å². The van der Waals surface area contributed by atoms with Gasteiger partial charge < -0.3 is 0 Å². The quantitative estimate of drug-likeness (QED) is 0.944. The number of nitrogens with zero attached hydrogens (tertiary/aromatic N) is 1. The lowest BCUT2D eigenvalue weighted by Gasteiger charge is -2.10. The van der Waals surface area contributed by atoms with Crippen molar-refractivity contribution in [2.75, 3.05) is 6.54 Å². The van der Waals surface area contributed by atoms with Crippen molar-refractivity contribution in [2.45, 2.75) is 17.7 Å². The van der Waals surface area contributed by atoms with E-state index in [1.54, 1.807) is 30.5 Å². The first-order chi connectivity index (χ1) is 10.1. The molecule has 0 amide bonds. The molecule has 0 atom stereocenters. The maximum Gasteiger partial charge on any atom is 0.240 e. The molecule has 21 heavy (non-hydrogen) atoms. The van der Waals surface area contributed by atoms with Crippen LogP contribution in [0.1, 0.15) is 12.8 Å². The van der Waals surface area contributed by atoms with Gasteiger partial charge in [0, 0.05) is 18.1 Å². The molecule has 0 spiro atoms. The number of fused-ring (bicyclic) bond motifs is 1. The van der Waals surface area contributed by atoms with Gasteiger partial charge in [0.15, 0.2) is 0 Å². The van der Waals surface area contributed by atoms with Gasteiger partial charge in [-0.05, 0) is 42.7 Å². The average molecular weight is 300 g/mol. The lowest BCUT2D eigenvalue weighted by atomic mass is 10.1. The van der Waals surface area contributed by atoms with Gasteiger partial charge in [-0.2, -0.15) is 0 Å². The summed E-state index contributed by atoms with van der Waals surface area (Å²) in [6.07, 6.45) is 9.77. The molecule has 2 aromatic rings. The van der Waals surface area contributed by atoms with Crippen LogP contribution in [0.25, 0.3) is 10.9 Å². The second-order valence-corrected chi connectivity index (χ2v) is 6.71. The Labute approximate surface area is 124 Å². The Morgan fingerprint density at radius 3 is 2.90 bits per heavy atom. The van der Waals surface area contributed by atoms with Gasteiger partial charge in [-0.15, -0.1) is 0 Å². The molecule has 1 aromatic heterocycles. The van der Waals surface area contributed by atoms with Gasteiger partial charge in [0.25, 0.3) is 0 Å². The zero-order chi connectivity index (χ0) is 14.7. The minimum Gasteiger partial charge on any atom is -0.256 e. The highest BCUT2D eigenvalue weighted by Crippen LogP contribution is 2.17. The first kappa shape index (κ1) is 14.0. The van der Waals surface area contributed by atoms with Gasteiger partial charge >= 0.3 is 0 Å². The van der Waals surface area contributed by atoms with Crippen molar-refractivity contribution in [1.29, 1.82) is 0 Å². The summed E-state index contributed by atoms with van der Waals surface area (Å²) in [6, 6.07) is 8.61. The molecule has 0 saturated carbocycles. The van der Waals surface area contributed by atoms with Crippen LogP contribution in [-0.2, 0) is 10.0 Å². The van der Waals surface area contributed by atoms with E-state index in [0.717, 1.165) is 29.3 Å². The highest BCUT2D eigenvalue weighted by molar-refractivity contribution is 7.89. The summed E-state index contributed by atoms with van der Waals surface area (Å²) in [5, 5.41) is 0.817. The Balaban J connectivity index is 1.82. The molecular formula is C16H16N2O2S. The summed E-state index contributed by atoms with van der Waals surface area (Å²) in [6.45, 7) is 0.323. The molecule has 0 bridgehead atoms. The first-order valence-electron chi connectivity index (χ1n) is 6.85. The molecule has 1 aliphatic carbocycles. The second kappa shape index (κ2) is 5.79. The van der Waals surface area contributed by atoms with E-state index in [9.17, 15) is 8.42 Å². The molecule has 0 saturated heterocycles. The fourth-order valence-corrected chi connectivity index (χ4v) is 3.33. The van der Waals surface area contributed by atoms with E-state index in [0.29, 0.717) is 6.54 Å². The number of benzene rings is 1. The number of hydrogen-bond acceptors (Lipinski definition) is 3. The fraction of sp³-hybridized carbons (Fsp3) is 0.188. The van der Waals surface area contributed by atoms with Crippen LogP contribution >= 0.6 is 0 Å². The number of sulfonamides is 1. The Morgan fingerprint density at radius 1 is 1.19 bits per heavy atom. The van der Waals surface area contributed by atoms with Crippen molar-refractivity contribution in [1.82, 2.24) is 9.71 Å². The third kappa shape index (κ3) is 3.20. The number of nitrogens with one attached hydrogen (secondary N) is 1.